The molecule has 1 aliphatic heterocycles. The molecule has 0 radical (unpaired) electrons. The van der Waals surface area contributed by atoms with E-state index in [0.29, 0.717) is 42.5 Å². The van der Waals surface area contributed by atoms with Gasteiger partial charge in [-0.3, -0.25) is 0 Å². The number of nitrogens with zero attached hydrogens (tertiary/aromatic N) is 6. The van der Waals surface area contributed by atoms with Crippen LogP contribution in [0, 0.1) is 0 Å². The maximum atomic E-state index is 5.93. The molecular weight excluding hydrogens is 334 g/mol. The lowest BCUT2D eigenvalue weighted by Gasteiger charge is -2.28. The van der Waals surface area contributed by atoms with Crippen LogP contribution in [0.4, 0.5) is 11.5 Å². The van der Waals surface area contributed by atoms with E-state index in [1.54, 1.807) is 17.9 Å². The molecule has 0 unspecified atom stereocenters. The van der Waals surface area contributed by atoms with Gasteiger partial charge < -0.3 is 20.1 Å². The van der Waals surface area contributed by atoms with Crippen LogP contribution in [0.15, 0.2) is 18.2 Å². The smallest absolute Gasteiger partial charge is 0.184 e. The van der Waals surface area contributed by atoms with Crippen LogP contribution < -0.4 is 15.4 Å². The fraction of sp³-hybridized carbons (Fsp3) is 0.412. The summed E-state index contributed by atoms with van der Waals surface area (Å²) in [5.74, 6) is 1.97. The number of fused-ring (bicyclic) bond motifs is 1. The number of aryl methyl sites for hydroxylation is 1. The molecule has 0 aliphatic carbocycles. The highest BCUT2D eigenvalue weighted by Gasteiger charge is 2.21. The number of anilines is 2. The zero-order valence-corrected chi connectivity index (χ0v) is 14.8. The van der Waals surface area contributed by atoms with E-state index >= 15 is 0 Å². The molecule has 1 fully saturated rings. The number of rotatable bonds is 4. The van der Waals surface area contributed by atoms with E-state index in [1.807, 2.05) is 19.1 Å². The van der Waals surface area contributed by atoms with Crippen LogP contribution in [-0.2, 0) is 11.3 Å². The van der Waals surface area contributed by atoms with Gasteiger partial charge in [0, 0.05) is 25.2 Å². The minimum atomic E-state index is 0.575. The Balaban J connectivity index is 1.89. The number of aromatic nitrogens is 5. The number of nitrogen functional groups attached to an aromatic ring is 1. The van der Waals surface area contributed by atoms with Gasteiger partial charge in [-0.05, 0) is 25.1 Å². The molecule has 0 amide bonds. The average Bonchev–Trinajstić information content (AvgIpc) is 3.11. The first-order valence-corrected chi connectivity index (χ1v) is 8.59. The summed E-state index contributed by atoms with van der Waals surface area (Å²) in [5, 5.41) is 8.52. The van der Waals surface area contributed by atoms with Crippen molar-refractivity contribution in [3.63, 3.8) is 0 Å². The van der Waals surface area contributed by atoms with E-state index in [0.717, 1.165) is 30.1 Å². The Labute approximate surface area is 150 Å². The highest BCUT2D eigenvalue weighted by Crippen LogP contribution is 2.30. The standard InChI is InChI=1S/C17H21N7O2/c1-3-24-17-14(21-22-24)16(23-6-8-26-9-7-23)19-15(20-17)11-4-5-12(18)13(10-11)25-2/h4-5,10H,3,6-9,18H2,1-2H3. The number of ether oxygens (including phenoxy) is 2. The van der Waals surface area contributed by atoms with Crippen molar-refractivity contribution in [3.8, 4) is 17.1 Å². The second kappa shape index (κ2) is 6.75. The number of methoxy groups -OCH3 is 1. The number of morpholine rings is 1. The van der Waals surface area contributed by atoms with E-state index in [1.165, 1.54) is 0 Å². The number of hydrogen-bond acceptors (Lipinski definition) is 8. The molecule has 1 aliphatic rings. The summed E-state index contributed by atoms with van der Waals surface area (Å²) in [6.07, 6.45) is 0. The maximum Gasteiger partial charge on any atom is 0.184 e. The van der Waals surface area contributed by atoms with Crippen molar-refractivity contribution < 1.29 is 9.47 Å². The molecule has 0 atom stereocenters. The minimum Gasteiger partial charge on any atom is -0.495 e. The third-order valence-electron chi connectivity index (χ3n) is 4.45. The summed E-state index contributed by atoms with van der Waals surface area (Å²) in [4.78, 5) is 11.7. The molecule has 9 heteroatoms. The van der Waals surface area contributed by atoms with Gasteiger partial charge >= 0.3 is 0 Å². The van der Waals surface area contributed by atoms with Crippen molar-refractivity contribution in [2.24, 2.45) is 0 Å². The molecule has 1 aromatic carbocycles. The normalized spacial score (nSPS) is 14.8. The van der Waals surface area contributed by atoms with E-state index in [2.05, 4.69) is 15.2 Å². The van der Waals surface area contributed by atoms with Crippen molar-refractivity contribution >= 4 is 22.7 Å². The molecule has 3 heterocycles. The van der Waals surface area contributed by atoms with Crippen molar-refractivity contribution in [2.75, 3.05) is 44.0 Å². The lowest BCUT2D eigenvalue weighted by atomic mass is 10.1. The molecule has 0 spiro atoms. The first-order chi connectivity index (χ1) is 12.7. The van der Waals surface area contributed by atoms with Crippen molar-refractivity contribution in [2.45, 2.75) is 13.5 Å². The third kappa shape index (κ3) is 2.80. The van der Waals surface area contributed by atoms with Crippen LogP contribution in [-0.4, -0.2) is 58.4 Å². The lowest BCUT2D eigenvalue weighted by molar-refractivity contribution is 0.122. The Kier molecular flexibility index (Phi) is 4.29. The predicted octanol–water partition coefficient (Wildman–Crippen LogP) is 1.34. The van der Waals surface area contributed by atoms with Crippen LogP contribution in [0.5, 0.6) is 5.75 Å². The number of nitrogens with two attached hydrogens (primary N) is 1. The summed E-state index contributed by atoms with van der Waals surface area (Å²) in [5.41, 5.74) is 8.76. The zero-order chi connectivity index (χ0) is 18.1. The van der Waals surface area contributed by atoms with E-state index < -0.39 is 0 Å². The van der Waals surface area contributed by atoms with E-state index in [4.69, 9.17) is 25.2 Å². The van der Waals surface area contributed by atoms with Gasteiger partial charge in [0.1, 0.15) is 5.75 Å². The molecule has 26 heavy (non-hydrogen) atoms. The highest BCUT2D eigenvalue weighted by atomic mass is 16.5. The van der Waals surface area contributed by atoms with Crippen LogP contribution in [0.3, 0.4) is 0 Å². The van der Waals surface area contributed by atoms with Crippen molar-refractivity contribution in [1.82, 2.24) is 25.0 Å². The summed E-state index contributed by atoms with van der Waals surface area (Å²) < 4.78 is 12.6. The first kappa shape index (κ1) is 16.5. The van der Waals surface area contributed by atoms with Gasteiger partial charge in [0.15, 0.2) is 22.8 Å². The second-order valence-electron chi connectivity index (χ2n) is 6.00. The van der Waals surface area contributed by atoms with Gasteiger partial charge in [0.05, 0.1) is 26.0 Å². The van der Waals surface area contributed by atoms with Crippen molar-refractivity contribution in [3.05, 3.63) is 18.2 Å². The average molecular weight is 355 g/mol. The van der Waals surface area contributed by atoms with Gasteiger partial charge in [-0.25, -0.2) is 14.6 Å². The fourth-order valence-electron chi connectivity index (χ4n) is 3.03. The number of hydrogen-bond donors (Lipinski definition) is 1. The SMILES string of the molecule is CCn1nnc2c(N3CCOCC3)nc(-c3ccc(N)c(OC)c3)nc21. The lowest BCUT2D eigenvalue weighted by Crippen LogP contribution is -2.37. The zero-order valence-electron chi connectivity index (χ0n) is 14.8. The molecule has 0 saturated carbocycles. The van der Waals surface area contributed by atoms with E-state index in [-0.39, 0.29) is 0 Å². The molecule has 2 N–H and O–H groups in total. The van der Waals surface area contributed by atoms with Gasteiger partial charge in [-0.2, -0.15) is 0 Å². The highest BCUT2D eigenvalue weighted by molar-refractivity contribution is 5.85. The monoisotopic (exact) mass is 355 g/mol. The third-order valence-corrected chi connectivity index (χ3v) is 4.45. The van der Waals surface area contributed by atoms with Gasteiger partial charge in [0.2, 0.25) is 0 Å². The molecule has 1 saturated heterocycles. The molecule has 2 aromatic heterocycles. The molecule has 9 nitrogen and oxygen atoms in total. The van der Waals surface area contributed by atoms with E-state index in [9.17, 15) is 0 Å². The summed E-state index contributed by atoms with van der Waals surface area (Å²) in [6, 6.07) is 5.54. The van der Waals surface area contributed by atoms with Gasteiger partial charge in [-0.1, -0.05) is 5.21 Å². The Morgan fingerprint density at radius 1 is 1.23 bits per heavy atom. The van der Waals surface area contributed by atoms with Crippen LogP contribution >= 0.6 is 0 Å². The molecular formula is C17H21N7O2. The van der Waals surface area contributed by atoms with Crippen LogP contribution in [0.2, 0.25) is 0 Å². The summed E-state index contributed by atoms with van der Waals surface area (Å²) >= 11 is 0. The minimum absolute atomic E-state index is 0.575. The Morgan fingerprint density at radius 2 is 2.04 bits per heavy atom. The first-order valence-electron chi connectivity index (χ1n) is 8.59. The van der Waals surface area contributed by atoms with Crippen molar-refractivity contribution in [1.29, 1.82) is 0 Å². The van der Waals surface area contributed by atoms with Crippen LogP contribution in [0.1, 0.15) is 6.92 Å². The Bertz CT molecular complexity index is 934. The summed E-state index contributed by atoms with van der Waals surface area (Å²) in [7, 11) is 1.59. The number of benzene rings is 1. The van der Waals surface area contributed by atoms with Crippen LogP contribution in [0.25, 0.3) is 22.6 Å². The molecule has 3 aromatic rings. The molecule has 0 bridgehead atoms. The predicted molar refractivity (Wildman–Crippen MR) is 98.2 cm³/mol. The maximum absolute atomic E-state index is 5.93. The topological polar surface area (TPSA) is 104 Å². The van der Waals surface area contributed by atoms with Gasteiger partial charge in [-0.15, -0.1) is 5.10 Å². The largest absolute Gasteiger partial charge is 0.495 e. The quantitative estimate of drug-likeness (QED) is 0.699. The Morgan fingerprint density at radius 3 is 2.77 bits per heavy atom. The van der Waals surface area contributed by atoms with Gasteiger partial charge in [0.25, 0.3) is 0 Å². The molecule has 136 valence electrons. The second-order valence-corrected chi connectivity index (χ2v) is 6.00. The Hall–Kier alpha value is -2.94. The molecule has 4 rings (SSSR count). The fourth-order valence-corrected chi connectivity index (χ4v) is 3.03. The summed E-state index contributed by atoms with van der Waals surface area (Å²) in [6.45, 7) is 5.54.